The number of halogens is 2. The molecule has 0 unspecified atom stereocenters. The van der Waals surface area contributed by atoms with E-state index in [2.05, 4.69) is 0 Å². The SMILES string of the molecule is Cl.NC/C=C(\F)COc1ccc2c(=O)c(-c3ccc(O)cc3)coc2c1. The number of rotatable bonds is 5. The first kappa shape index (κ1) is 19.5. The van der Waals surface area contributed by atoms with E-state index in [0.717, 1.165) is 0 Å². The molecule has 0 aliphatic carbocycles. The maximum atomic E-state index is 13.3. The second kappa shape index (κ2) is 8.51. The molecule has 0 amide bonds. The summed E-state index contributed by atoms with van der Waals surface area (Å²) in [6.45, 7) is -0.139. The van der Waals surface area contributed by atoms with Crippen LogP contribution in [0.3, 0.4) is 0 Å². The molecule has 0 saturated carbocycles. The number of nitrogens with two attached hydrogens (primary N) is 1. The van der Waals surface area contributed by atoms with Crippen molar-refractivity contribution in [3.8, 4) is 22.6 Å². The second-order valence-electron chi connectivity index (χ2n) is 5.36. The fraction of sp³-hybridized carbons (Fsp3) is 0.105. The van der Waals surface area contributed by atoms with E-state index < -0.39 is 5.83 Å². The molecule has 1 aromatic heterocycles. The van der Waals surface area contributed by atoms with Gasteiger partial charge in [-0.3, -0.25) is 4.79 Å². The fourth-order valence-electron chi connectivity index (χ4n) is 2.38. The predicted molar refractivity (Wildman–Crippen MR) is 101 cm³/mol. The van der Waals surface area contributed by atoms with E-state index in [1.54, 1.807) is 24.3 Å². The van der Waals surface area contributed by atoms with Gasteiger partial charge in [-0.1, -0.05) is 12.1 Å². The smallest absolute Gasteiger partial charge is 0.200 e. The van der Waals surface area contributed by atoms with Crippen LogP contribution in [0.4, 0.5) is 4.39 Å². The molecule has 0 bridgehead atoms. The number of aromatic hydroxyl groups is 1. The molecular weight excluding hydrogens is 361 g/mol. The molecule has 2 aromatic carbocycles. The summed E-state index contributed by atoms with van der Waals surface area (Å²) in [6, 6.07) is 11.0. The van der Waals surface area contributed by atoms with Crippen LogP contribution < -0.4 is 15.9 Å². The Hall–Kier alpha value is -2.83. The lowest BCUT2D eigenvalue weighted by atomic mass is 10.1. The highest BCUT2D eigenvalue weighted by molar-refractivity contribution is 5.85. The zero-order valence-corrected chi connectivity index (χ0v) is 14.5. The number of fused-ring (bicyclic) bond motifs is 1. The van der Waals surface area contributed by atoms with Crippen molar-refractivity contribution in [2.45, 2.75) is 0 Å². The Labute approximate surface area is 154 Å². The van der Waals surface area contributed by atoms with Crippen LogP contribution in [0.15, 0.2) is 69.8 Å². The molecule has 0 saturated heterocycles. The molecule has 7 heteroatoms. The molecule has 136 valence electrons. The quantitative estimate of drug-likeness (QED) is 0.706. The van der Waals surface area contributed by atoms with Gasteiger partial charge < -0.3 is 20.0 Å². The first-order valence-electron chi connectivity index (χ1n) is 7.61. The number of hydrogen-bond acceptors (Lipinski definition) is 5. The van der Waals surface area contributed by atoms with Crippen molar-refractivity contribution in [2.75, 3.05) is 13.2 Å². The van der Waals surface area contributed by atoms with Crippen LogP contribution in [0.25, 0.3) is 22.1 Å². The lowest BCUT2D eigenvalue weighted by molar-refractivity contribution is 0.318. The summed E-state index contributed by atoms with van der Waals surface area (Å²) in [6.07, 6.45) is 2.58. The molecule has 0 atom stereocenters. The van der Waals surface area contributed by atoms with E-state index in [9.17, 15) is 14.3 Å². The van der Waals surface area contributed by atoms with E-state index in [-0.39, 0.29) is 36.7 Å². The molecular formula is C19H17ClFNO4. The van der Waals surface area contributed by atoms with Crippen molar-refractivity contribution >= 4 is 23.4 Å². The van der Waals surface area contributed by atoms with Crippen LogP contribution in [0.5, 0.6) is 11.5 Å². The summed E-state index contributed by atoms with van der Waals surface area (Å²) in [5.74, 6) is 0.0342. The molecule has 0 spiro atoms. The molecule has 5 nitrogen and oxygen atoms in total. The predicted octanol–water partition coefficient (Wildman–Crippen LogP) is 3.78. The number of hydrogen-bond donors (Lipinski definition) is 2. The van der Waals surface area contributed by atoms with Crippen molar-refractivity contribution < 1.29 is 18.7 Å². The third-order valence-electron chi connectivity index (χ3n) is 3.64. The van der Waals surface area contributed by atoms with Crippen molar-refractivity contribution in [1.82, 2.24) is 0 Å². The first-order valence-corrected chi connectivity index (χ1v) is 7.61. The van der Waals surface area contributed by atoms with Crippen molar-refractivity contribution in [3.05, 3.63) is 70.9 Å². The Kier molecular flexibility index (Phi) is 6.38. The highest BCUT2D eigenvalue weighted by atomic mass is 35.5. The molecule has 0 aliphatic rings. The Bertz CT molecular complexity index is 983. The van der Waals surface area contributed by atoms with Gasteiger partial charge in [0.2, 0.25) is 0 Å². The van der Waals surface area contributed by atoms with E-state index in [0.29, 0.717) is 27.8 Å². The molecule has 0 radical (unpaired) electrons. The van der Waals surface area contributed by atoms with Gasteiger partial charge in [0.25, 0.3) is 0 Å². The van der Waals surface area contributed by atoms with Gasteiger partial charge in [-0.25, -0.2) is 4.39 Å². The summed E-state index contributed by atoms with van der Waals surface area (Å²) in [7, 11) is 0. The molecule has 0 fully saturated rings. The zero-order valence-electron chi connectivity index (χ0n) is 13.6. The molecule has 26 heavy (non-hydrogen) atoms. The lowest BCUT2D eigenvalue weighted by Crippen LogP contribution is -2.05. The van der Waals surface area contributed by atoms with Gasteiger partial charge in [0.1, 0.15) is 35.8 Å². The van der Waals surface area contributed by atoms with Gasteiger partial charge in [-0.2, -0.15) is 0 Å². The number of benzene rings is 2. The Morgan fingerprint density at radius 1 is 1.23 bits per heavy atom. The number of ether oxygens (including phenoxy) is 1. The highest BCUT2D eigenvalue weighted by Crippen LogP contribution is 2.24. The summed E-state index contributed by atoms with van der Waals surface area (Å²) < 4.78 is 24.1. The minimum absolute atomic E-state index is 0. The maximum Gasteiger partial charge on any atom is 0.200 e. The summed E-state index contributed by atoms with van der Waals surface area (Å²) in [5, 5.41) is 9.73. The van der Waals surface area contributed by atoms with Gasteiger partial charge in [0.15, 0.2) is 5.43 Å². The molecule has 3 N–H and O–H groups in total. The molecule has 3 aromatic rings. The Morgan fingerprint density at radius 3 is 2.65 bits per heavy atom. The summed E-state index contributed by atoms with van der Waals surface area (Å²) in [4.78, 5) is 12.6. The van der Waals surface area contributed by atoms with Gasteiger partial charge >= 0.3 is 0 Å². The van der Waals surface area contributed by atoms with Gasteiger partial charge in [-0.15, -0.1) is 12.4 Å². The first-order chi connectivity index (χ1) is 12.1. The third kappa shape index (κ3) is 4.22. The topological polar surface area (TPSA) is 85.7 Å². The van der Waals surface area contributed by atoms with Gasteiger partial charge in [-0.05, 0) is 35.9 Å². The van der Waals surface area contributed by atoms with Crippen LogP contribution in [0.2, 0.25) is 0 Å². The number of phenols is 1. The minimum atomic E-state index is -0.466. The van der Waals surface area contributed by atoms with Crippen molar-refractivity contribution in [3.63, 3.8) is 0 Å². The highest BCUT2D eigenvalue weighted by Gasteiger charge is 2.10. The van der Waals surface area contributed by atoms with Crippen LogP contribution in [0, 0.1) is 0 Å². The number of phenolic OH excluding ortho intramolecular Hbond substituents is 1. The van der Waals surface area contributed by atoms with Crippen LogP contribution in [-0.2, 0) is 0 Å². The molecule has 0 aliphatic heterocycles. The standard InChI is InChI=1S/C19H16FNO4.ClH/c20-13(7-8-21)10-24-15-5-6-16-18(9-15)25-11-17(19(16)23)12-1-3-14(22)4-2-12;/h1-7,9,11,22H,8,10,21H2;1H/b13-7-;. The van der Waals surface area contributed by atoms with Crippen LogP contribution in [-0.4, -0.2) is 18.3 Å². The minimum Gasteiger partial charge on any atom is -0.508 e. The Balaban J connectivity index is 0.00000243. The zero-order chi connectivity index (χ0) is 17.8. The van der Waals surface area contributed by atoms with E-state index in [4.69, 9.17) is 14.9 Å². The van der Waals surface area contributed by atoms with Crippen molar-refractivity contribution in [2.24, 2.45) is 5.73 Å². The van der Waals surface area contributed by atoms with E-state index in [1.807, 2.05) is 0 Å². The molecule has 1 heterocycles. The largest absolute Gasteiger partial charge is 0.508 e. The Morgan fingerprint density at radius 2 is 1.96 bits per heavy atom. The van der Waals surface area contributed by atoms with E-state index >= 15 is 0 Å². The maximum absolute atomic E-state index is 13.3. The lowest BCUT2D eigenvalue weighted by Gasteiger charge is -2.07. The monoisotopic (exact) mass is 377 g/mol. The second-order valence-corrected chi connectivity index (χ2v) is 5.36. The van der Waals surface area contributed by atoms with E-state index in [1.165, 1.54) is 30.5 Å². The van der Waals surface area contributed by atoms with Crippen LogP contribution in [0.1, 0.15) is 0 Å². The average Bonchev–Trinajstić information content (AvgIpc) is 2.61. The van der Waals surface area contributed by atoms with Gasteiger partial charge in [0, 0.05) is 12.6 Å². The fourth-order valence-corrected chi connectivity index (χ4v) is 2.38. The summed E-state index contributed by atoms with van der Waals surface area (Å²) >= 11 is 0. The van der Waals surface area contributed by atoms with Crippen molar-refractivity contribution in [1.29, 1.82) is 0 Å². The normalized spacial score (nSPS) is 11.2. The molecule has 3 rings (SSSR count). The van der Waals surface area contributed by atoms with Gasteiger partial charge in [0.05, 0.1) is 10.9 Å². The average molecular weight is 378 g/mol. The summed E-state index contributed by atoms with van der Waals surface area (Å²) in [5.41, 5.74) is 6.39. The van der Waals surface area contributed by atoms with Crippen LogP contribution >= 0.6 is 12.4 Å². The third-order valence-corrected chi connectivity index (χ3v) is 3.64.